The van der Waals surface area contributed by atoms with Crippen molar-refractivity contribution in [2.45, 2.75) is 25.3 Å². The Bertz CT molecular complexity index is 504. The zero-order chi connectivity index (χ0) is 14.5. The standard InChI is InChI=1S/C15H19FN2O2/c1-17-15(20)13-8-4-5-9-18(13)10-14(19)11-6-2-3-7-12(11)16/h2-3,6-7,13H,4-5,8-10H2,1H3,(H,17,20). The van der Waals surface area contributed by atoms with Crippen molar-refractivity contribution >= 4 is 11.7 Å². The molecular formula is C15H19FN2O2. The third-order valence-electron chi connectivity index (χ3n) is 3.68. The summed E-state index contributed by atoms with van der Waals surface area (Å²) in [5.74, 6) is -0.865. The molecule has 0 spiro atoms. The molecule has 0 aromatic heterocycles. The van der Waals surface area contributed by atoms with Crippen molar-refractivity contribution in [3.8, 4) is 0 Å². The largest absolute Gasteiger partial charge is 0.358 e. The van der Waals surface area contributed by atoms with Crippen molar-refractivity contribution in [3.63, 3.8) is 0 Å². The third-order valence-corrected chi connectivity index (χ3v) is 3.68. The van der Waals surface area contributed by atoms with Crippen LogP contribution in [-0.4, -0.2) is 42.8 Å². The number of carbonyl (C=O) groups excluding carboxylic acids is 2. The summed E-state index contributed by atoms with van der Waals surface area (Å²) < 4.78 is 13.6. The van der Waals surface area contributed by atoms with E-state index in [0.717, 1.165) is 19.3 Å². The van der Waals surface area contributed by atoms with Gasteiger partial charge in [-0.3, -0.25) is 14.5 Å². The molecule has 0 saturated carbocycles. The molecule has 1 fully saturated rings. The molecule has 5 heteroatoms. The predicted octanol–water partition coefficient (Wildman–Crippen LogP) is 1.61. The molecule has 108 valence electrons. The van der Waals surface area contributed by atoms with Crippen molar-refractivity contribution in [3.05, 3.63) is 35.6 Å². The molecule has 1 aromatic rings. The molecule has 4 nitrogen and oxygen atoms in total. The molecule has 1 aliphatic rings. The van der Waals surface area contributed by atoms with E-state index in [4.69, 9.17) is 0 Å². The molecule has 1 amide bonds. The number of piperidine rings is 1. The quantitative estimate of drug-likeness (QED) is 0.851. The van der Waals surface area contributed by atoms with Gasteiger partial charge in [-0.05, 0) is 31.5 Å². The lowest BCUT2D eigenvalue weighted by Crippen LogP contribution is -2.50. The zero-order valence-corrected chi connectivity index (χ0v) is 11.6. The molecular weight excluding hydrogens is 259 g/mol. The minimum Gasteiger partial charge on any atom is -0.358 e. The molecule has 0 aliphatic carbocycles. The molecule has 20 heavy (non-hydrogen) atoms. The lowest BCUT2D eigenvalue weighted by atomic mass is 10.00. The Balaban J connectivity index is 2.09. The topological polar surface area (TPSA) is 49.4 Å². The molecule has 2 rings (SSSR count). The number of amides is 1. The number of carbonyl (C=O) groups is 2. The summed E-state index contributed by atoms with van der Waals surface area (Å²) in [6, 6.07) is 5.67. The maximum atomic E-state index is 13.6. The lowest BCUT2D eigenvalue weighted by Gasteiger charge is -2.33. The first-order valence-electron chi connectivity index (χ1n) is 6.87. The maximum Gasteiger partial charge on any atom is 0.237 e. The number of benzene rings is 1. The number of hydrogen-bond acceptors (Lipinski definition) is 3. The molecule has 1 N–H and O–H groups in total. The number of hydrogen-bond donors (Lipinski definition) is 1. The van der Waals surface area contributed by atoms with Gasteiger partial charge in [0.25, 0.3) is 0 Å². The highest BCUT2D eigenvalue weighted by Crippen LogP contribution is 2.18. The Hall–Kier alpha value is -1.75. The van der Waals surface area contributed by atoms with Crippen LogP contribution in [0.15, 0.2) is 24.3 Å². The molecule has 1 aromatic carbocycles. The minimum atomic E-state index is -0.508. The van der Waals surface area contributed by atoms with Crippen LogP contribution >= 0.6 is 0 Å². The van der Waals surface area contributed by atoms with E-state index in [1.807, 2.05) is 4.90 Å². The summed E-state index contributed by atoms with van der Waals surface area (Å²) in [6.45, 7) is 0.775. The summed E-state index contributed by atoms with van der Waals surface area (Å²) in [4.78, 5) is 25.8. The van der Waals surface area contributed by atoms with Crippen LogP contribution in [0.25, 0.3) is 0 Å². The fraction of sp³-hybridized carbons (Fsp3) is 0.467. The number of halogens is 1. The van der Waals surface area contributed by atoms with Crippen LogP contribution in [0.1, 0.15) is 29.6 Å². The average Bonchev–Trinajstić information content (AvgIpc) is 2.47. The van der Waals surface area contributed by atoms with Crippen LogP contribution in [0.4, 0.5) is 4.39 Å². The van der Waals surface area contributed by atoms with Gasteiger partial charge in [0.05, 0.1) is 18.2 Å². The van der Waals surface area contributed by atoms with E-state index in [0.29, 0.717) is 6.54 Å². The predicted molar refractivity (Wildman–Crippen MR) is 74.0 cm³/mol. The number of nitrogens with zero attached hydrogens (tertiary/aromatic N) is 1. The number of likely N-dealkylation sites (N-methyl/N-ethyl adjacent to an activating group) is 1. The van der Waals surface area contributed by atoms with Gasteiger partial charge in [-0.1, -0.05) is 18.6 Å². The third kappa shape index (κ3) is 3.22. The Kier molecular flexibility index (Phi) is 4.84. The van der Waals surface area contributed by atoms with E-state index in [1.54, 1.807) is 19.2 Å². The van der Waals surface area contributed by atoms with Crippen LogP contribution in [0.5, 0.6) is 0 Å². The molecule has 1 atom stereocenters. The van der Waals surface area contributed by atoms with Gasteiger partial charge in [0, 0.05) is 7.05 Å². The van der Waals surface area contributed by atoms with Gasteiger partial charge in [0.1, 0.15) is 5.82 Å². The van der Waals surface area contributed by atoms with E-state index >= 15 is 0 Å². The van der Waals surface area contributed by atoms with Crippen LogP contribution in [-0.2, 0) is 4.79 Å². The van der Waals surface area contributed by atoms with Gasteiger partial charge in [-0.15, -0.1) is 0 Å². The molecule has 1 aliphatic heterocycles. The van der Waals surface area contributed by atoms with E-state index in [2.05, 4.69) is 5.32 Å². The fourth-order valence-electron chi connectivity index (χ4n) is 2.60. The van der Waals surface area contributed by atoms with Crippen LogP contribution in [0.3, 0.4) is 0 Å². The van der Waals surface area contributed by atoms with E-state index < -0.39 is 5.82 Å². The lowest BCUT2D eigenvalue weighted by molar-refractivity contribution is -0.126. The molecule has 1 heterocycles. The highest BCUT2D eigenvalue weighted by atomic mass is 19.1. The van der Waals surface area contributed by atoms with E-state index in [9.17, 15) is 14.0 Å². The Morgan fingerprint density at radius 1 is 1.35 bits per heavy atom. The fourth-order valence-corrected chi connectivity index (χ4v) is 2.60. The Morgan fingerprint density at radius 3 is 2.80 bits per heavy atom. The first-order valence-corrected chi connectivity index (χ1v) is 6.87. The molecule has 1 saturated heterocycles. The van der Waals surface area contributed by atoms with Crippen LogP contribution in [0.2, 0.25) is 0 Å². The second-order valence-corrected chi connectivity index (χ2v) is 5.00. The maximum absolute atomic E-state index is 13.6. The smallest absolute Gasteiger partial charge is 0.237 e. The Morgan fingerprint density at radius 2 is 2.10 bits per heavy atom. The first-order chi connectivity index (χ1) is 9.63. The number of Topliss-reactive ketones (excluding diaryl/α,β-unsaturated/α-hetero) is 1. The van der Waals surface area contributed by atoms with E-state index in [-0.39, 0.29) is 29.8 Å². The van der Waals surface area contributed by atoms with Crippen LogP contribution < -0.4 is 5.32 Å². The minimum absolute atomic E-state index is 0.0777. The Labute approximate surface area is 118 Å². The van der Waals surface area contributed by atoms with Gasteiger partial charge in [0.2, 0.25) is 5.91 Å². The van der Waals surface area contributed by atoms with Crippen molar-refractivity contribution in [2.24, 2.45) is 0 Å². The second-order valence-electron chi connectivity index (χ2n) is 5.00. The van der Waals surface area contributed by atoms with Gasteiger partial charge < -0.3 is 5.32 Å². The van der Waals surface area contributed by atoms with Crippen molar-refractivity contribution < 1.29 is 14.0 Å². The SMILES string of the molecule is CNC(=O)C1CCCCN1CC(=O)c1ccccc1F. The number of likely N-dealkylation sites (tertiary alicyclic amines) is 1. The summed E-state index contributed by atoms with van der Waals surface area (Å²) >= 11 is 0. The average molecular weight is 278 g/mol. The second kappa shape index (κ2) is 6.61. The normalized spacial score (nSPS) is 19.6. The van der Waals surface area contributed by atoms with Crippen LogP contribution in [0, 0.1) is 5.82 Å². The van der Waals surface area contributed by atoms with E-state index in [1.165, 1.54) is 12.1 Å². The highest BCUT2D eigenvalue weighted by Gasteiger charge is 2.29. The highest BCUT2D eigenvalue weighted by molar-refractivity contribution is 5.98. The van der Waals surface area contributed by atoms with Crippen molar-refractivity contribution in [1.82, 2.24) is 10.2 Å². The first kappa shape index (κ1) is 14.7. The van der Waals surface area contributed by atoms with Gasteiger partial charge >= 0.3 is 0 Å². The number of rotatable bonds is 4. The van der Waals surface area contributed by atoms with Crippen molar-refractivity contribution in [1.29, 1.82) is 0 Å². The van der Waals surface area contributed by atoms with Gasteiger partial charge in [-0.2, -0.15) is 0 Å². The van der Waals surface area contributed by atoms with Crippen molar-refractivity contribution in [2.75, 3.05) is 20.1 Å². The number of nitrogens with one attached hydrogen (secondary N) is 1. The monoisotopic (exact) mass is 278 g/mol. The van der Waals surface area contributed by atoms with Gasteiger partial charge in [0.15, 0.2) is 5.78 Å². The summed E-state index contributed by atoms with van der Waals surface area (Å²) in [5.41, 5.74) is 0.0914. The molecule has 0 radical (unpaired) electrons. The van der Waals surface area contributed by atoms with Gasteiger partial charge in [-0.25, -0.2) is 4.39 Å². The summed E-state index contributed by atoms with van der Waals surface area (Å²) in [5, 5.41) is 2.62. The molecule has 1 unspecified atom stereocenters. The zero-order valence-electron chi connectivity index (χ0n) is 11.6. The summed E-state index contributed by atoms with van der Waals surface area (Å²) in [6.07, 6.45) is 2.67. The molecule has 0 bridgehead atoms. The number of ketones is 1. The summed E-state index contributed by atoms with van der Waals surface area (Å²) in [7, 11) is 1.59.